The number of hydrogen-bond donors (Lipinski definition) is 2. The quantitative estimate of drug-likeness (QED) is 0.454. The predicted octanol–water partition coefficient (Wildman–Crippen LogP) is 6.83. The van der Waals surface area contributed by atoms with Gasteiger partial charge in [-0.1, -0.05) is 32.9 Å². The van der Waals surface area contributed by atoms with E-state index in [4.69, 9.17) is 0 Å². The molecule has 2 aromatic rings. The summed E-state index contributed by atoms with van der Waals surface area (Å²) >= 11 is 0. The molecule has 0 spiro atoms. The molecule has 0 aromatic heterocycles. The van der Waals surface area contributed by atoms with E-state index >= 15 is 0 Å². The van der Waals surface area contributed by atoms with Gasteiger partial charge >= 0.3 is 6.18 Å². The molecule has 0 atom stereocenters. The van der Waals surface area contributed by atoms with Gasteiger partial charge in [-0.15, -0.1) is 0 Å². The third kappa shape index (κ3) is 4.51. The van der Waals surface area contributed by atoms with Gasteiger partial charge in [0.15, 0.2) is 0 Å². The lowest BCUT2D eigenvalue weighted by Crippen LogP contribution is -2.62. The van der Waals surface area contributed by atoms with E-state index in [0.717, 1.165) is 56.7 Å². The maximum atomic E-state index is 13.7. The fourth-order valence-corrected chi connectivity index (χ4v) is 9.61. The number of carbonyl (C=O) groups excluding carboxylic acids is 1. The molecule has 194 valence electrons. The third-order valence-electron chi connectivity index (χ3n) is 8.18. The number of rotatable bonds is 5. The maximum absolute atomic E-state index is 13.7. The maximum Gasteiger partial charge on any atom is 0.416 e. The molecular weight excluding hydrogens is 489 g/mol. The molecule has 4 aliphatic rings. The zero-order valence-electron chi connectivity index (χ0n) is 20.6. The number of nitrogens with one attached hydrogen (secondary N) is 2. The monoisotopic (exact) mass is 520 g/mol. The molecule has 4 aliphatic carbocycles. The van der Waals surface area contributed by atoms with Crippen molar-refractivity contribution in [3.05, 3.63) is 54.1 Å². The zero-order chi connectivity index (χ0) is 26.2. The first kappa shape index (κ1) is 25.1. The van der Waals surface area contributed by atoms with Crippen molar-refractivity contribution in [2.45, 2.75) is 70.4 Å². The summed E-state index contributed by atoms with van der Waals surface area (Å²) in [6.07, 6.45) is 1.26. The van der Waals surface area contributed by atoms with E-state index in [2.05, 4.69) is 30.8 Å². The molecule has 4 bridgehead atoms. The van der Waals surface area contributed by atoms with Crippen LogP contribution in [0.15, 0.2) is 53.4 Å². The SMILES string of the molecule is CC12CC3(C)CC(C)(C1)CC(C(=O)Nc1cccc(S(=O)(=O)Nc4cccc(C(F)(F)F)c4)c1)(C2)C3. The molecule has 6 rings (SSSR count). The lowest BCUT2D eigenvalue weighted by atomic mass is 9.36. The molecule has 4 fully saturated rings. The van der Waals surface area contributed by atoms with E-state index in [1.807, 2.05) is 0 Å². The fourth-order valence-electron chi connectivity index (χ4n) is 8.51. The fraction of sp³-hybridized carbons (Fsp3) is 0.519. The van der Waals surface area contributed by atoms with Gasteiger partial charge in [0.25, 0.3) is 10.0 Å². The van der Waals surface area contributed by atoms with Crippen molar-refractivity contribution in [3.63, 3.8) is 0 Å². The summed E-state index contributed by atoms with van der Waals surface area (Å²) in [5, 5.41) is 2.98. The minimum atomic E-state index is -4.59. The van der Waals surface area contributed by atoms with E-state index in [9.17, 15) is 26.4 Å². The van der Waals surface area contributed by atoms with Crippen LogP contribution in [-0.4, -0.2) is 14.3 Å². The van der Waals surface area contributed by atoms with Gasteiger partial charge in [-0.25, -0.2) is 8.42 Å². The van der Waals surface area contributed by atoms with Crippen molar-refractivity contribution in [1.82, 2.24) is 0 Å². The van der Waals surface area contributed by atoms with Crippen LogP contribution in [0.3, 0.4) is 0 Å². The van der Waals surface area contributed by atoms with E-state index < -0.39 is 27.2 Å². The number of amides is 1. The van der Waals surface area contributed by atoms with Crippen molar-refractivity contribution in [3.8, 4) is 0 Å². The van der Waals surface area contributed by atoms with Gasteiger partial charge in [0.1, 0.15) is 0 Å². The van der Waals surface area contributed by atoms with Crippen molar-refractivity contribution in [2.24, 2.45) is 21.7 Å². The molecular formula is C27H31F3N2O3S. The average Bonchev–Trinajstić information content (AvgIpc) is 2.70. The highest BCUT2D eigenvalue weighted by atomic mass is 32.2. The topological polar surface area (TPSA) is 75.3 Å². The summed E-state index contributed by atoms with van der Waals surface area (Å²) in [5.74, 6) is -0.0781. The van der Waals surface area contributed by atoms with Crippen LogP contribution < -0.4 is 10.0 Å². The van der Waals surface area contributed by atoms with Gasteiger partial charge < -0.3 is 5.32 Å². The van der Waals surface area contributed by atoms with Gasteiger partial charge in [-0.2, -0.15) is 13.2 Å². The molecule has 5 nitrogen and oxygen atoms in total. The van der Waals surface area contributed by atoms with Gasteiger partial charge in [-0.05, 0) is 91.2 Å². The molecule has 0 heterocycles. The Morgan fingerprint density at radius 3 is 1.89 bits per heavy atom. The number of sulfonamides is 1. The summed E-state index contributed by atoms with van der Waals surface area (Å²) in [5.41, 5.74) is -0.917. The Bertz CT molecular complexity index is 1280. The first-order valence-corrected chi connectivity index (χ1v) is 13.6. The van der Waals surface area contributed by atoms with Gasteiger partial charge in [0, 0.05) is 11.4 Å². The largest absolute Gasteiger partial charge is 0.416 e. The van der Waals surface area contributed by atoms with Gasteiger partial charge in [0.2, 0.25) is 5.91 Å². The summed E-state index contributed by atoms with van der Waals surface area (Å²) < 4.78 is 67.2. The van der Waals surface area contributed by atoms with Crippen molar-refractivity contribution >= 4 is 27.3 Å². The van der Waals surface area contributed by atoms with Crippen LogP contribution in [0.1, 0.15) is 64.9 Å². The van der Waals surface area contributed by atoms with E-state index in [-0.39, 0.29) is 32.7 Å². The lowest BCUT2D eigenvalue weighted by Gasteiger charge is -2.68. The molecule has 4 saturated carbocycles. The smallest absolute Gasteiger partial charge is 0.326 e. The van der Waals surface area contributed by atoms with Crippen LogP contribution >= 0.6 is 0 Å². The Morgan fingerprint density at radius 1 is 0.806 bits per heavy atom. The van der Waals surface area contributed by atoms with Crippen LogP contribution in [0.25, 0.3) is 0 Å². The predicted molar refractivity (Wildman–Crippen MR) is 132 cm³/mol. The summed E-state index contributed by atoms with van der Waals surface area (Å²) in [6.45, 7) is 6.86. The number of anilines is 2. The zero-order valence-corrected chi connectivity index (χ0v) is 21.4. The molecule has 9 heteroatoms. The molecule has 2 N–H and O–H groups in total. The second-order valence-electron chi connectivity index (χ2n) is 12.4. The van der Waals surface area contributed by atoms with Crippen LogP contribution in [-0.2, 0) is 21.0 Å². The number of halogens is 3. The minimum Gasteiger partial charge on any atom is -0.326 e. The number of carbonyl (C=O) groups is 1. The standard InChI is InChI=1S/C27H31F3N2O3S/c1-23-12-24(2)14-25(3,13-23)17-26(15-23,16-24)22(33)31-19-7-5-9-21(11-19)36(34,35)32-20-8-4-6-18(10-20)27(28,29)30/h4-11,32H,12-17H2,1-3H3,(H,31,33). The van der Waals surface area contributed by atoms with Crippen LogP contribution in [0.2, 0.25) is 0 Å². The minimum absolute atomic E-state index is 0.0781. The van der Waals surface area contributed by atoms with E-state index in [0.29, 0.717) is 5.69 Å². The van der Waals surface area contributed by atoms with Crippen molar-refractivity contribution in [1.29, 1.82) is 0 Å². The normalized spacial score (nSPS) is 33.4. The Balaban J connectivity index is 1.37. The number of benzene rings is 2. The van der Waals surface area contributed by atoms with Crippen molar-refractivity contribution in [2.75, 3.05) is 10.0 Å². The summed E-state index contributed by atoms with van der Waals surface area (Å²) in [4.78, 5) is 13.5. The average molecular weight is 521 g/mol. The van der Waals surface area contributed by atoms with Crippen LogP contribution in [0, 0.1) is 21.7 Å². The first-order valence-electron chi connectivity index (χ1n) is 12.1. The lowest BCUT2D eigenvalue weighted by molar-refractivity contribution is -0.188. The molecule has 1 amide bonds. The molecule has 36 heavy (non-hydrogen) atoms. The molecule has 2 aromatic carbocycles. The highest BCUT2D eigenvalue weighted by molar-refractivity contribution is 7.92. The molecule has 0 aliphatic heterocycles. The highest BCUT2D eigenvalue weighted by Crippen LogP contribution is 2.73. The number of alkyl halides is 3. The van der Waals surface area contributed by atoms with Crippen LogP contribution in [0.4, 0.5) is 24.5 Å². The first-order chi connectivity index (χ1) is 16.5. The van der Waals surface area contributed by atoms with Crippen molar-refractivity contribution < 1.29 is 26.4 Å². The molecule has 0 saturated heterocycles. The molecule has 0 radical (unpaired) electrons. The summed E-state index contributed by atoms with van der Waals surface area (Å²) in [7, 11) is -4.18. The second kappa shape index (κ2) is 7.73. The molecule has 0 unspecified atom stereocenters. The van der Waals surface area contributed by atoms with E-state index in [1.54, 1.807) is 6.07 Å². The Morgan fingerprint density at radius 2 is 1.33 bits per heavy atom. The Kier molecular flexibility index (Phi) is 5.39. The number of hydrogen-bond acceptors (Lipinski definition) is 3. The highest BCUT2D eigenvalue weighted by Gasteiger charge is 2.66. The summed E-state index contributed by atoms with van der Waals surface area (Å²) in [6, 6.07) is 9.86. The Labute approximate surface area is 209 Å². The Hall–Kier alpha value is -2.55. The van der Waals surface area contributed by atoms with E-state index in [1.165, 1.54) is 24.3 Å². The third-order valence-corrected chi connectivity index (χ3v) is 9.56. The van der Waals surface area contributed by atoms with Crippen LogP contribution in [0.5, 0.6) is 0 Å². The van der Waals surface area contributed by atoms with Gasteiger partial charge in [0.05, 0.1) is 15.9 Å². The second-order valence-corrected chi connectivity index (χ2v) is 14.1. The van der Waals surface area contributed by atoms with Gasteiger partial charge in [-0.3, -0.25) is 9.52 Å².